The highest BCUT2D eigenvalue weighted by Gasteiger charge is 2.58. The number of hydrogen-bond donors (Lipinski definition) is 4. The molecule has 68 heavy (non-hydrogen) atoms. The third-order valence-electron chi connectivity index (χ3n) is 14.8. The van der Waals surface area contributed by atoms with Crippen LogP contribution in [0.2, 0.25) is 0 Å². The van der Waals surface area contributed by atoms with E-state index in [0.717, 1.165) is 19.3 Å². The van der Waals surface area contributed by atoms with Crippen molar-refractivity contribution in [2.45, 2.75) is 224 Å². The first-order valence-electron chi connectivity index (χ1n) is 25.1. The number of amides is 2. The highest BCUT2D eigenvalue weighted by Crippen LogP contribution is 2.42. The van der Waals surface area contributed by atoms with Crippen LogP contribution in [0.1, 0.15) is 134 Å². The van der Waals surface area contributed by atoms with Crippen LogP contribution in [0.4, 0.5) is 9.59 Å². The van der Waals surface area contributed by atoms with E-state index in [9.17, 15) is 29.4 Å². The molecule has 0 aliphatic carbocycles. The van der Waals surface area contributed by atoms with Gasteiger partial charge in [-0.15, -0.1) is 0 Å². The number of nitrogens with one attached hydrogen (secondary N) is 2. The molecule has 0 radical (unpaired) electrons. The highest BCUT2D eigenvalue weighted by atomic mass is 16.8. The maximum atomic E-state index is 14.7. The van der Waals surface area contributed by atoms with Gasteiger partial charge in [-0.05, 0) is 108 Å². The Hall–Kier alpha value is -2.88. The number of unbranched alkanes of at least 4 members (excludes halogenated alkanes) is 2. The Morgan fingerprint density at radius 1 is 0.912 bits per heavy atom. The molecule has 0 unspecified atom stereocenters. The van der Waals surface area contributed by atoms with Crippen molar-refractivity contribution in [3.05, 3.63) is 0 Å². The molecule has 4 N–H and O–H groups in total. The lowest BCUT2D eigenvalue weighted by atomic mass is 9.77. The second kappa shape index (κ2) is 25.0. The first-order valence-corrected chi connectivity index (χ1v) is 25.1. The van der Waals surface area contributed by atoms with Crippen molar-refractivity contribution in [3.63, 3.8) is 0 Å². The van der Waals surface area contributed by atoms with Crippen LogP contribution in [0.15, 0.2) is 0 Å². The number of fused-ring (bicyclic) bond motifs is 1. The van der Waals surface area contributed by atoms with E-state index < -0.39 is 102 Å². The van der Waals surface area contributed by atoms with Crippen LogP contribution in [-0.4, -0.2) is 182 Å². The van der Waals surface area contributed by atoms with Crippen molar-refractivity contribution in [1.82, 2.24) is 20.4 Å². The largest absolute Gasteiger partial charge is 0.509 e. The lowest BCUT2D eigenvalue weighted by Crippen LogP contribution is -2.61. The molecule has 0 aromatic heterocycles. The number of aliphatic hydroxyl groups excluding tert-OH is 1. The zero-order valence-electron chi connectivity index (χ0n) is 43.7. The Kier molecular flexibility index (Phi) is 21.2. The molecular formula is C49H88N4O15. The molecule has 4 aliphatic heterocycles. The fraction of sp³-hybridized carbons (Fsp3) is 0.918. The van der Waals surface area contributed by atoms with Crippen LogP contribution in [0, 0.1) is 17.8 Å². The second-order valence-electron chi connectivity index (χ2n) is 21.0. The van der Waals surface area contributed by atoms with E-state index in [2.05, 4.69) is 17.6 Å². The first kappa shape index (κ1) is 57.7. The summed E-state index contributed by atoms with van der Waals surface area (Å²) in [6.45, 7) is 21.5. The number of aliphatic hydroxyl groups is 2. The zero-order chi connectivity index (χ0) is 50.9. The minimum atomic E-state index is -1.61. The molecule has 0 spiro atoms. The maximum absolute atomic E-state index is 14.7. The molecule has 394 valence electrons. The summed E-state index contributed by atoms with van der Waals surface area (Å²) in [5, 5.41) is 30.2. The van der Waals surface area contributed by atoms with Crippen LogP contribution in [0.5, 0.6) is 0 Å². The van der Waals surface area contributed by atoms with Gasteiger partial charge in [0.05, 0.1) is 35.9 Å². The van der Waals surface area contributed by atoms with Gasteiger partial charge in [0.15, 0.2) is 30.4 Å². The van der Waals surface area contributed by atoms with Crippen LogP contribution in [0.25, 0.3) is 0 Å². The number of nitrogens with zero attached hydrogens (tertiary/aromatic N) is 2. The molecular weight excluding hydrogens is 885 g/mol. The number of carbonyl (C=O) groups is 4. The van der Waals surface area contributed by atoms with E-state index in [1.165, 1.54) is 7.11 Å². The monoisotopic (exact) mass is 973 g/mol. The zero-order valence-corrected chi connectivity index (χ0v) is 43.7. The van der Waals surface area contributed by atoms with E-state index in [1.807, 2.05) is 65.6 Å². The van der Waals surface area contributed by atoms with E-state index >= 15 is 0 Å². The molecule has 4 fully saturated rings. The van der Waals surface area contributed by atoms with Crippen molar-refractivity contribution in [1.29, 1.82) is 0 Å². The molecule has 0 bridgehead atoms. The second-order valence-corrected chi connectivity index (χ2v) is 21.0. The fourth-order valence-electron chi connectivity index (χ4n) is 10.8. The van der Waals surface area contributed by atoms with Gasteiger partial charge >= 0.3 is 18.2 Å². The third kappa shape index (κ3) is 14.4. The molecule has 4 saturated heterocycles. The molecule has 4 aliphatic rings. The van der Waals surface area contributed by atoms with Gasteiger partial charge in [0.25, 0.3) is 0 Å². The Balaban J connectivity index is 1.68. The normalized spacial score (nSPS) is 41.1. The van der Waals surface area contributed by atoms with Gasteiger partial charge in [-0.25, -0.2) is 9.59 Å². The third-order valence-corrected chi connectivity index (χ3v) is 14.8. The quantitative estimate of drug-likeness (QED) is 0.0917. The van der Waals surface area contributed by atoms with Crippen molar-refractivity contribution in [3.8, 4) is 0 Å². The SMILES string of the molecule is CCCCCNC(=O)CCCNC(=O)O[C@H]1[C@H](C)O[C@@H](O[C@@H]2[C@H](C)[C@@H](O[C@@H]3O[C@H](C)C[C@H](N(C)C)[C@H]3O)[C@@](C)(O)C[C@@H](C)CN(C)[C@H](C)[C@H]3OC(=O)O[C@]3(C)[C@@H](CC)OC(=O)[C@@H]2C)C[C@@]1(C)OC. The maximum Gasteiger partial charge on any atom is 0.509 e. The summed E-state index contributed by atoms with van der Waals surface area (Å²) < 4.78 is 56.5. The van der Waals surface area contributed by atoms with E-state index in [1.54, 1.807) is 34.6 Å². The number of hydrogen-bond acceptors (Lipinski definition) is 17. The van der Waals surface area contributed by atoms with Crippen molar-refractivity contribution in [2.24, 2.45) is 17.8 Å². The van der Waals surface area contributed by atoms with Gasteiger partial charge in [-0.3, -0.25) is 14.5 Å². The summed E-state index contributed by atoms with van der Waals surface area (Å²) in [4.78, 5) is 57.0. The topological polar surface area (TPSA) is 222 Å². The number of ether oxygens (including phenoxy) is 9. The lowest BCUT2D eigenvalue weighted by Gasteiger charge is -2.49. The molecule has 0 aromatic carbocycles. The lowest BCUT2D eigenvalue weighted by molar-refractivity contribution is -0.317. The molecule has 2 amide bonds. The first-order chi connectivity index (χ1) is 31.8. The molecule has 18 atom stereocenters. The number of cyclic esters (lactones) is 1. The summed E-state index contributed by atoms with van der Waals surface area (Å²) in [6.07, 6.45) is -5.89. The van der Waals surface area contributed by atoms with E-state index in [0.29, 0.717) is 25.9 Å². The predicted octanol–water partition coefficient (Wildman–Crippen LogP) is 4.90. The minimum absolute atomic E-state index is 0.0508. The Labute approximate surface area is 405 Å². The number of alkyl carbamates (subject to hydrolysis) is 1. The van der Waals surface area contributed by atoms with Crippen molar-refractivity contribution < 1.29 is 72.0 Å². The molecule has 19 heteroatoms. The van der Waals surface area contributed by atoms with Crippen LogP contribution in [0.3, 0.4) is 0 Å². The molecule has 0 aromatic rings. The summed E-state index contributed by atoms with van der Waals surface area (Å²) >= 11 is 0. The van der Waals surface area contributed by atoms with Gasteiger partial charge in [-0.1, -0.05) is 40.5 Å². The van der Waals surface area contributed by atoms with Crippen molar-refractivity contribution in [2.75, 3.05) is 47.9 Å². The van der Waals surface area contributed by atoms with Gasteiger partial charge in [0.1, 0.15) is 17.8 Å². The Morgan fingerprint density at radius 2 is 1.59 bits per heavy atom. The number of carbonyl (C=O) groups excluding carboxylic acids is 4. The summed E-state index contributed by atoms with van der Waals surface area (Å²) in [6, 6.07) is -0.693. The number of esters is 1. The van der Waals surface area contributed by atoms with E-state index in [4.69, 9.17) is 42.6 Å². The smallest absolute Gasteiger partial charge is 0.458 e. The van der Waals surface area contributed by atoms with Crippen molar-refractivity contribution >= 4 is 24.1 Å². The standard InChI is InChI=1S/C49H88N4O15/c1-16-18-19-22-50-36(54)21-20-23-51-45(57)66-42-33(8)62-37(26-48(42,10)60-15)64-39-30(5)40(65-44-38(55)34(52(12)13)24-29(4)61-44)47(9,59)25-28(3)27-53(14)32(7)41-49(11,68-46(58)67-41)35(17-2)63-43(56)31(39)6/h28-35,37-42,44,55,59H,16-27H2,1-15H3,(H,50,54)(H,51,57)/t28-,29-,30+,31-,32-,33+,34+,35-,37+,38-,39-,40-,41-,42+,44+,47+,48-,49-/m1/s1. The van der Waals surface area contributed by atoms with Crippen LogP contribution in [-0.2, 0) is 52.2 Å². The van der Waals surface area contributed by atoms with Gasteiger partial charge < -0.3 is 68.4 Å². The van der Waals surface area contributed by atoms with Crippen LogP contribution < -0.4 is 10.6 Å². The highest BCUT2D eigenvalue weighted by molar-refractivity contribution is 5.76. The van der Waals surface area contributed by atoms with Gasteiger partial charge in [0.2, 0.25) is 5.91 Å². The summed E-state index contributed by atoms with van der Waals surface area (Å²) in [7, 11) is 7.18. The summed E-state index contributed by atoms with van der Waals surface area (Å²) in [5.41, 5.74) is -4.11. The number of likely N-dealkylation sites (N-methyl/N-ethyl adjacent to an activating group) is 2. The molecule has 19 nitrogen and oxygen atoms in total. The minimum Gasteiger partial charge on any atom is -0.458 e. The predicted molar refractivity (Wildman–Crippen MR) is 251 cm³/mol. The number of rotatable bonds is 16. The van der Waals surface area contributed by atoms with Gasteiger partial charge in [0, 0.05) is 57.6 Å². The molecule has 0 saturated carbocycles. The van der Waals surface area contributed by atoms with Gasteiger partial charge in [-0.2, -0.15) is 0 Å². The number of methoxy groups -OCH3 is 1. The average Bonchev–Trinajstić information content (AvgIpc) is 3.58. The average molecular weight is 973 g/mol. The molecule has 4 heterocycles. The Bertz CT molecular complexity index is 1640. The molecule has 4 rings (SSSR count). The fourth-order valence-corrected chi connectivity index (χ4v) is 10.8. The summed E-state index contributed by atoms with van der Waals surface area (Å²) in [5.74, 6) is -2.77. The van der Waals surface area contributed by atoms with E-state index in [-0.39, 0.29) is 62.2 Å². The Morgan fingerprint density at radius 3 is 2.22 bits per heavy atom. The van der Waals surface area contributed by atoms with Crippen LogP contribution >= 0.6 is 0 Å².